The zero-order valence-corrected chi connectivity index (χ0v) is 15.5. The predicted molar refractivity (Wildman–Crippen MR) is 104 cm³/mol. The van der Waals surface area contributed by atoms with E-state index in [1.54, 1.807) is 0 Å². The van der Waals surface area contributed by atoms with Crippen LogP contribution < -0.4 is 11.5 Å². The molecule has 28 heavy (non-hydrogen) atoms. The van der Waals surface area contributed by atoms with Crippen LogP contribution in [-0.2, 0) is 12.8 Å². The minimum absolute atomic E-state index is 0.000324. The summed E-state index contributed by atoms with van der Waals surface area (Å²) in [4.78, 5) is 21.7. The number of rotatable bonds is 6. The van der Waals surface area contributed by atoms with Crippen molar-refractivity contribution in [2.45, 2.75) is 26.2 Å². The zero-order chi connectivity index (χ0) is 21.4. The maximum atomic E-state index is 10.9. The van der Waals surface area contributed by atoms with Gasteiger partial charge in [-0.1, -0.05) is 19.4 Å². The quantitative estimate of drug-likeness (QED) is 0.414. The van der Waals surface area contributed by atoms with Gasteiger partial charge in [0.25, 0.3) is 11.8 Å². The number of hydrogen-bond donors (Lipinski definition) is 6. The molecule has 2 aromatic rings. The van der Waals surface area contributed by atoms with Gasteiger partial charge in [-0.15, -0.1) is 6.58 Å². The summed E-state index contributed by atoms with van der Waals surface area (Å²) in [6.07, 6.45) is 3.07. The summed E-state index contributed by atoms with van der Waals surface area (Å²) in [5.74, 6) is -1.99. The normalized spacial score (nSPS) is 9.89. The number of aromatic hydroxyl groups is 4. The Labute approximate surface area is 162 Å². The Morgan fingerprint density at radius 1 is 0.893 bits per heavy atom. The summed E-state index contributed by atoms with van der Waals surface area (Å²) < 4.78 is 0. The molecule has 150 valence electrons. The third-order valence-electron chi connectivity index (χ3n) is 3.90. The summed E-state index contributed by atoms with van der Waals surface area (Å²) in [6, 6.07) is 5.27. The largest absolute Gasteiger partial charge is 0.508 e. The summed E-state index contributed by atoms with van der Waals surface area (Å²) >= 11 is 0. The van der Waals surface area contributed by atoms with E-state index in [1.165, 1.54) is 30.3 Å². The first-order valence-electron chi connectivity index (χ1n) is 8.43. The van der Waals surface area contributed by atoms with Crippen molar-refractivity contribution in [3.8, 4) is 23.0 Å². The lowest BCUT2D eigenvalue weighted by Crippen LogP contribution is -2.11. The van der Waals surface area contributed by atoms with Crippen molar-refractivity contribution >= 4 is 11.8 Å². The van der Waals surface area contributed by atoms with Crippen molar-refractivity contribution in [2.24, 2.45) is 11.5 Å². The van der Waals surface area contributed by atoms with Crippen LogP contribution in [0.5, 0.6) is 23.0 Å². The number of nitrogens with two attached hydrogens (primary N) is 2. The topological polar surface area (TPSA) is 167 Å². The molecule has 0 aliphatic rings. The van der Waals surface area contributed by atoms with E-state index in [2.05, 4.69) is 6.58 Å². The lowest BCUT2D eigenvalue weighted by Gasteiger charge is -2.08. The number of carbonyl (C=O) groups excluding carboxylic acids is 2. The summed E-state index contributed by atoms with van der Waals surface area (Å²) in [5.41, 5.74) is 10.8. The zero-order valence-electron chi connectivity index (χ0n) is 15.5. The van der Waals surface area contributed by atoms with Crippen LogP contribution in [0, 0.1) is 0 Å². The van der Waals surface area contributed by atoms with Gasteiger partial charge in [0.1, 0.15) is 23.0 Å². The van der Waals surface area contributed by atoms with Gasteiger partial charge in [-0.05, 0) is 37.1 Å². The molecule has 0 aliphatic heterocycles. The predicted octanol–water partition coefficient (Wildman–Crippen LogP) is 2.07. The molecule has 0 aromatic heterocycles. The molecule has 2 amide bonds. The van der Waals surface area contributed by atoms with Crippen molar-refractivity contribution in [3.05, 3.63) is 59.2 Å². The first kappa shape index (κ1) is 22.4. The second-order valence-electron chi connectivity index (χ2n) is 5.89. The van der Waals surface area contributed by atoms with Gasteiger partial charge in [-0.2, -0.15) is 0 Å². The van der Waals surface area contributed by atoms with Gasteiger partial charge in [0.05, 0.1) is 11.1 Å². The van der Waals surface area contributed by atoms with Crippen LogP contribution >= 0.6 is 0 Å². The Morgan fingerprint density at radius 3 is 1.71 bits per heavy atom. The first-order chi connectivity index (χ1) is 13.1. The second kappa shape index (κ2) is 9.86. The van der Waals surface area contributed by atoms with Gasteiger partial charge >= 0.3 is 0 Å². The van der Waals surface area contributed by atoms with Gasteiger partial charge in [-0.25, -0.2) is 0 Å². The van der Waals surface area contributed by atoms with Crippen molar-refractivity contribution in [2.75, 3.05) is 0 Å². The van der Waals surface area contributed by atoms with Crippen LogP contribution in [0.25, 0.3) is 0 Å². The molecule has 0 bridgehead atoms. The number of primary amides is 2. The van der Waals surface area contributed by atoms with E-state index in [9.17, 15) is 30.0 Å². The molecule has 0 saturated carbocycles. The molecule has 0 heterocycles. The van der Waals surface area contributed by atoms with Gasteiger partial charge in [0.2, 0.25) is 0 Å². The Kier molecular flexibility index (Phi) is 7.88. The van der Waals surface area contributed by atoms with Crippen LogP contribution in [0.15, 0.2) is 36.9 Å². The fourth-order valence-corrected chi connectivity index (χ4v) is 2.49. The van der Waals surface area contributed by atoms with Crippen molar-refractivity contribution in [1.82, 2.24) is 0 Å². The molecule has 2 rings (SSSR count). The van der Waals surface area contributed by atoms with E-state index in [0.29, 0.717) is 12.0 Å². The van der Waals surface area contributed by atoms with E-state index in [1.807, 2.05) is 6.92 Å². The fraction of sp³-hybridized carbons (Fsp3) is 0.200. The summed E-state index contributed by atoms with van der Waals surface area (Å²) in [7, 11) is 0. The van der Waals surface area contributed by atoms with Crippen LogP contribution in [0.1, 0.15) is 45.2 Å². The number of hydrogen-bond acceptors (Lipinski definition) is 6. The third kappa shape index (κ3) is 5.16. The highest BCUT2D eigenvalue weighted by Crippen LogP contribution is 2.32. The number of benzene rings is 2. The van der Waals surface area contributed by atoms with Gasteiger partial charge < -0.3 is 31.9 Å². The minimum Gasteiger partial charge on any atom is -0.508 e. The maximum Gasteiger partial charge on any atom is 0.252 e. The maximum absolute atomic E-state index is 10.9. The third-order valence-corrected chi connectivity index (χ3v) is 3.90. The Hall–Kier alpha value is -3.68. The molecule has 0 atom stereocenters. The first-order valence-corrected chi connectivity index (χ1v) is 8.43. The Morgan fingerprint density at radius 2 is 1.32 bits per heavy atom. The molecule has 0 fully saturated rings. The lowest BCUT2D eigenvalue weighted by atomic mass is 10.0. The average molecular weight is 388 g/mol. The smallest absolute Gasteiger partial charge is 0.252 e. The monoisotopic (exact) mass is 388 g/mol. The summed E-state index contributed by atoms with van der Waals surface area (Å²) in [6.45, 7) is 5.39. The number of phenolic OH excluding ortho intramolecular Hbond substituents is 2. The van der Waals surface area contributed by atoms with Crippen LogP contribution in [0.3, 0.4) is 0 Å². The highest BCUT2D eigenvalue weighted by atomic mass is 16.3. The second-order valence-corrected chi connectivity index (χ2v) is 5.89. The molecule has 0 unspecified atom stereocenters. The highest BCUT2D eigenvalue weighted by Gasteiger charge is 2.15. The van der Waals surface area contributed by atoms with Crippen LogP contribution in [0.4, 0.5) is 0 Å². The van der Waals surface area contributed by atoms with Crippen molar-refractivity contribution in [3.63, 3.8) is 0 Å². The van der Waals surface area contributed by atoms with Gasteiger partial charge in [0, 0.05) is 11.1 Å². The van der Waals surface area contributed by atoms with Crippen LogP contribution in [-0.4, -0.2) is 32.2 Å². The van der Waals surface area contributed by atoms with E-state index in [0.717, 1.165) is 6.42 Å². The molecule has 8 heteroatoms. The molecule has 2 aromatic carbocycles. The molecule has 0 saturated heterocycles. The number of allylic oxidation sites excluding steroid dienone is 1. The van der Waals surface area contributed by atoms with Gasteiger partial charge in [0.15, 0.2) is 0 Å². The molecular weight excluding hydrogens is 364 g/mol. The lowest BCUT2D eigenvalue weighted by molar-refractivity contribution is 0.0988. The standard InChI is InChI=1S/C10H13NO3.C10H11NO3/c2*1-2-3-6-8(12)5-4-7(9(6)13)10(11)14/h4-5,12-13H,2-3H2,1H3,(H2,11,14);2,4-5,12-13H,1,3H2,(H2,11,14). The molecule has 0 aliphatic carbocycles. The summed E-state index contributed by atoms with van der Waals surface area (Å²) in [5, 5.41) is 38.0. The van der Waals surface area contributed by atoms with Crippen LogP contribution in [0.2, 0.25) is 0 Å². The Balaban J connectivity index is 0.000000280. The van der Waals surface area contributed by atoms with Crippen molar-refractivity contribution in [1.29, 1.82) is 0 Å². The van der Waals surface area contributed by atoms with Gasteiger partial charge in [-0.3, -0.25) is 9.59 Å². The van der Waals surface area contributed by atoms with Crippen molar-refractivity contribution < 1.29 is 30.0 Å². The molecule has 8 nitrogen and oxygen atoms in total. The molecular formula is C20H24N2O6. The Bertz CT molecular complexity index is 893. The highest BCUT2D eigenvalue weighted by molar-refractivity contribution is 5.96. The molecule has 0 radical (unpaired) electrons. The molecule has 8 N–H and O–H groups in total. The number of phenols is 4. The van der Waals surface area contributed by atoms with E-state index < -0.39 is 11.8 Å². The fourth-order valence-electron chi connectivity index (χ4n) is 2.49. The minimum atomic E-state index is -0.729. The van der Waals surface area contributed by atoms with E-state index in [4.69, 9.17) is 11.5 Å². The average Bonchev–Trinajstić information content (AvgIpc) is 2.62. The van der Waals surface area contributed by atoms with E-state index >= 15 is 0 Å². The van der Waals surface area contributed by atoms with E-state index in [-0.39, 0.29) is 46.1 Å². The number of carbonyl (C=O) groups is 2. The molecule has 0 spiro atoms. The number of amides is 2. The SMILES string of the molecule is C=CCc1c(O)ccc(C(N)=O)c1O.CCCc1c(O)ccc(C(N)=O)c1O.